The van der Waals surface area contributed by atoms with Crippen LogP contribution in [0, 0.1) is 11.8 Å². The largest absolute Gasteiger partial charge is 0.444 e. The van der Waals surface area contributed by atoms with Crippen molar-refractivity contribution in [2.75, 3.05) is 19.7 Å². The fourth-order valence-electron chi connectivity index (χ4n) is 2.33. The molecule has 0 atom stereocenters. The number of nitrogens with zero attached hydrogens (tertiary/aromatic N) is 1. The molecule has 0 saturated carbocycles. The lowest BCUT2D eigenvalue weighted by Gasteiger charge is -2.29. The lowest BCUT2D eigenvalue weighted by atomic mass is 9.98. The smallest absolute Gasteiger partial charge is 0.410 e. The highest BCUT2D eigenvalue weighted by atomic mass is 16.6. The van der Waals surface area contributed by atoms with Crippen molar-refractivity contribution >= 4 is 11.7 Å². The molecule has 0 fully saturated rings. The van der Waals surface area contributed by atoms with Crippen LogP contribution in [0.15, 0.2) is 30.3 Å². The fourth-order valence-corrected chi connectivity index (χ4v) is 2.33. The molecule has 2 rings (SSSR count). The van der Waals surface area contributed by atoms with Crippen LogP contribution in [-0.4, -0.2) is 41.4 Å². The Kier molecular flexibility index (Phi) is 5.46. The van der Waals surface area contributed by atoms with Crippen LogP contribution in [-0.2, 0) is 4.74 Å². The van der Waals surface area contributed by atoms with Gasteiger partial charge in [0.2, 0.25) is 0 Å². The van der Waals surface area contributed by atoms with E-state index in [1.54, 1.807) is 4.90 Å². The maximum atomic E-state index is 12.0. The maximum Gasteiger partial charge on any atom is 0.410 e. The van der Waals surface area contributed by atoms with Crippen molar-refractivity contribution in [3.05, 3.63) is 41.5 Å². The summed E-state index contributed by atoms with van der Waals surface area (Å²) in [6.45, 7) is 6.71. The van der Waals surface area contributed by atoms with Gasteiger partial charge in [-0.25, -0.2) is 4.79 Å². The molecule has 0 unspecified atom stereocenters. The van der Waals surface area contributed by atoms with E-state index >= 15 is 0 Å². The lowest BCUT2D eigenvalue weighted by molar-refractivity contribution is 0.0270. The van der Waals surface area contributed by atoms with Crippen LogP contribution in [0.3, 0.4) is 0 Å². The van der Waals surface area contributed by atoms with E-state index in [0.717, 1.165) is 17.5 Å². The van der Waals surface area contributed by atoms with Crippen LogP contribution >= 0.6 is 0 Å². The molecule has 1 aliphatic heterocycles. The third kappa shape index (κ3) is 5.15. The fraction of sp³-hybridized carbons (Fsp3) is 0.421. The van der Waals surface area contributed by atoms with Crippen LogP contribution in [0.2, 0.25) is 0 Å². The third-order valence-electron chi connectivity index (χ3n) is 3.43. The Bertz CT molecular complexity index is 642. The van der Waals surface area contributed by atoms with Gasteiger partial charge in [-0.15, -0.1) is 0 Å². The zero-order valence-electron chi connectivity index (χ0n) is 13.9. The number of aliphatic hydroxyl groups is 1. The summed E-state index contributed by atoms with van der Waals surface area (Å²) in [5.74, 6) is 5.51. The number of ether oxygens (including phenoxy) is 1. The van der Waals surface area contributed by atoms with E-state index < -0.39 is 5.60 Å². The first-order chi connectivity index (χ1) is 10.9. The molecule has 23 heavy (non-hydrogen) atoms. The number of rotatable bonds is 1. The second-order valence-corrected chi connectivity index (χ2v) is 6.44. The third-order valence-corrected chi connectivity index (χ3v) is 3.43. The van der Waals surface area contributed by atoms with Gasteiger partial charge in [0.05, 0.1) is 0 Å². The number of hydrogen-bond acceptors (Lipinski definition) is 3. The highest BCUT2D eigenvalue weighted by molar-refractivity contribution is 5.73. The molecule has 1 aromatic carbocycles. The van der Waals surface area contributed by atoms with Gasteiger partial charge in [-0.2, -0.15) is 0 Å². The van der Waals surface area contributed by atoms with Crippen LogP contribution in [0.5, 0.6) is 0 Å². The van der Waals surface area contributed by atoms with Crippen molar-refractivity contribution in [2.45, 2.75) is 32.8 Å². The van der Waals surface area contributed by atoms with Crippen molar-refractivity contribution in [3.63, 3.8) is 0 Å². The summed E-state index contributed by atoms with van der Waals surface area (Å²) >= 11 is 0. The Morgan fingerprint density at radius 3 is 2.52 bits per heavy atom. The first kappa shape index (κ1) is 17.1. The van der Waals surface area contributed by atoms with Crippen molar-refractivity contribution in [3.8, 4) is 11.8 Å². The van der Waals surface area contributed by atoms with Crippen LogP contribution in [0.1, 0.15) is 38.3 Å². The van der Waals surface area contributed by atoms with Crippen LogP contribution in [0.4, 0.5) is 4.79 Å². The molecule has 1 aromatic rings. The molecule has 0 saturated heterocycles. The first-order valence-corrected chi connectivity index (χ1v) is 7.76. The molecule has 4 heteroatoms. The highest BCUT2D eigenvalue weighted by Gasteiger charge is 2.23. The van der Waals surface area contributed by atoms with E-state index in [-0.39, 0.29) is 12.7 Å². The molecule has 4 nitrogen and oxygen atoms in total. The molecule has 1 N–H and O–H groups in total. The standard InChI is InChI=1S/C19H23NO3/c1-19(2,3)23-18(22)20-12-10-17(11-13-20)16-8-6-15(7-9-16)5-4-14-21/h6-10,21H,11-14H2,1-3H3. The number of hydrogen-bond donors (Lipinski definition) is 1. The van der Waals surface area contributed by atoms with Gasteiger partial charge in [-0.05, 0) is 50.5 Å². The summed E-state index contributed by atoms with van der Waals surface area (Å²) in [5.41, 5.74) is 2.79. The van der Waals surface area contributed by atoms with Gasteiger partial charge in [0, 0.05) is 18.7 Å². The van der Waals surface area contributed by atoms with E-state index in [0.29, 0.717) is 13.1 Å². The number of aliphatic hydroxyl groups excluding tert-OH is 1. The molecule has 122 valence electrons. The van der Waals surface area contributed by atoms with E-state index in [1.165, 1.54) is 5.57 Å². The minimum absolute atomic E-state index is 0.132. The molecule has 1 amide bonds. The molecule has 0 radical (unpaired) electrons. The van der Waals surface area contributed by atoms with Crippen LogP contribution in [0.25, 0.3) is 5.57 Å². The summed E-state index contributed by atoms with van der Waals surface area (Å²) in [5, 5.41) is 8.70. The Morgan fingerprint density at radius 2 is 2.00 bits per heavy atom. The first-order valence-electron chi connectivity index (χ1n) is 7.76. The molecule has 1 aliphatic rings. The van der Waals surface area contributed by atoms with Crippen molar-refractivity contribution in [2.24, 2.45) is 0 Å². The number of carbonyl (C=O) groups is 1. The monoisotopic (exact) mass is 313 g/mol. The number of amides is 1. The average Bonchev–Trinajstić information content (AvgIpc) is 2.52. The Morgan fingerprint density at radius 1 is 1.30 bits per heavy atom. The predicted octanol–water partition coefficient (Wildman–Crippen LogP) is 3.05. The highest BCUT2D eigenvalue weighted by Crippen LogP contribution is 2.23. The van der Waals surface area contributed by atoms with Gasteiger partial charge in [0.1, 0.15) is 12.2 Å². The summed E-state index contributed by atoms with van der Waals surface area (Å²) in [6, 6.07) is 7.94. The molecular weight excluding hydrogens is 290 g/mol. The van der Waals surface area contributed by atoms with Gasteiger partial charge < -0.3 is 14.7 Å². The second kappa shape index (κ2) is 7.34. The summed E-state index contributed by atoms with van der Waals surface area (Å²) < 4.78 is 5.39. The van der Waals surface area contributed by atoms with Gasteiger partial charge in [0.25, 0.3) is 0 Å². The summed E-state index contributed by atoms with van der Waals surface area (Å²) in [6.07, 6.45) is 2.62. The van der Waals surface area contributed by atoms with Gasteiger partial charge in [-0.3, -0.25) is 0 Å². The van der Waals surface area contributed by atoms with Crippen LogP contribution < -0.4 is 0 Å². The van der Waals surface area contributed by atoms with Gasteiger partial charge in [-0.1, -0.05) is 30.0 Å². The molecule has 1 heterocycles. The van der Waals surface area contributed by atoms with Gasteiger partial charge >= 0.3 is 6.09 Å². The molecular formula is C19H23NO3. The molecule has 0 spiro atoms. The zero-order chi connectivity index (χ0) is 16.9. The van der Waals surface area contributed by atoms with Crippen molar-refractivity contribution in [1.82, 2.24) is 4.90 Å². The molecule has 0 aromatic heterocycles. The molecule has 0 bridgehead atoms. The number of carbonyl (C=O) groups excluding carboxylic acids is 1. The quantitative estimate of drug-likeness (QED) is 0.811. The van der Waals surface area contributed by atoms with E-state index in [1.807, 2.05) is 45.0 Å². The predicted molar refractivity (Wildman–Crippen MR) is 90.8 cm³/mol. The summed E-state index contributed by atoms with van der Waals surface area (Å²) in [7, 11) is 0. The second-order valence-electron chi connectivity index (χ2n) is 6.44. The Hall–Kier alpha value is -2.25. The minimum Gasteiger partial charge on any atom is -0.444 e. The lowest BCUT2D eigenvalue weighted by Crippen LogP contribution is -2.39. The Labute approximate surface area is 137 Å². The SMILES string of the molecule is CC(C)(C)OC(=O)N1CC=C(c2ccc(C#CCO)cc2)CC1. The minimum atomic E-state index is -0.466. The van der Waals surface area contributed by atoms with E-state index in [2.05, 4.69) is 17.9 Å². The topological polar surface area (TPSA) is 49.8 Å². The molecule has 0 aliphatic carbocycles. The van der Waals surface area contributed by atoms with E-state index in [9.17, 15) is 4.79 Å². The maximum absolute atomic E-state index is 12.0. The number of benzene rings is 1. The average molecular weight is 313 g/mol. The zero-order valence-corrected chi connectivity index (χ0v) is 13.9. The van der Waals surface area contributed by atoms with Crippen molar-refractivity contribution < 1.29 is 14.6 Å². The van der Waals surface area contributed by atoms with Crippen molar-refractivity contribution in [1.29, 1.82) is 0 Å². The van der Waals surface area contributed by atoms with Gasteiger partial charge in [0.15, 0.2) is 0 Å². The Balaban J connectivity index is 2.00. The normalized spacial score (nSPS) is 14.6. The summed E-state index contributed by atoms with van der Waals surface area (Å²) in [4.78, 5) is 13.8. The van der Waals surface area contributed by atoms with E-state index in [4.69, 9.17) is 9.84 Å².